The number of rotatable bonds is 5. The minimum atomic E-state index is -0.407. The maximum absolute atomic E-state index is 12.0. The molecular formula is C16H25N3O3. The fourth-order valence-electron chi connectivity index (χ4n) is 3.50. The quantitative estimate of drug-likeness (QED) is 0.869. The van der Waals surface area contributed by atoms with Crippen LogP contribution in [0, 0.1) is 0 Å². The van der Waals surface area contributed by atoms with Crippen LogP contribution in [-0.2, 0) is 11.2 Å². The Hall–Kier alpha value is -1.43. The zero-order chi connectivity index (χ0) is 15.4. The Morgan fingerprint density at radius 3 is 2.68 bits per heavy atom. The lowest BCUT2D eigenvalue weighted by molar-refractivity contribution is -0.123. The molecule has 6 heteroatoms. The number of hydrogen-bond donors (Lipinski definition) is 2. The molecule has 1 aromatic rings. The molecule has 0 bridgehead atoms. The van der Waals surface area contributed by atoms with Crippen molar-refractivity contribution in [2.75, 3.05) is 0 Å². The predicted octanol–water partition coefficient (Wildman–Crippen LogP) is 2.08. The van der Waals surface area contributed by atoms with E-state index in [4.69, 9.17) is 4.52 Å². The summed E-state index contributed by atoms with van der Waals surface area (Å²) in [7, 11) is 0. The van der Waals surface area contributed by atoms with E-state index in [2.05, 4.69) is 15.5 Å². The van der Waals surface area contributed by atoms with Gasteiger partial charge in [-0.25, -0.2) is 0 Å². The Kier molecular flexibility index (Phi) is 5.08. The number of nitrogens with zero attached hydrogens (tertiary/aromatic N) is 2. The van der Waals surface area contributed by atoms with E-state index in [1.54, 1.807) is 0 Å². The molecule has 0 radical (unpaired) electrons. The van der Waals surface area contributed by atoms with Crippen LogP contribution in [0.25, 0.3) is 0 Å². The third kappa shape index (κ3) is 3.85. The third-order valence-corrected chi connectivity index (χ3v) is 4.85. The van der Waals surface area contributed by atoms with Crippen LogP contribution in [-0.4, -0.2) is 33.3 Å². The summed E-state index contributed by atoms with van der Waals surface area (Å²) in [6, 6.07) is -0.0991. The van der Waals surface area contributed by atoms with Crippen LogP contribution in [0.1, 0.15) is 75.4 Å². The molecule has 2 saturated carbocycles. The van der Waals surface area contributed by atoms with Crippen molar-refractivity contribution < 1.29 is 14.4 Å². The maximum Gasteiger partial charge on any atom is 0.227 e. The van der Waals surface area contributed by atoms with Crippen LogP contribution < -0.4 is 5.32 Å². The number of carbonyl (C=O) groups excluding carboxylic acids is 1. The highest BCUT2D eigenvalue weighted by Gasteiger charge is 2.25. The highest BCUT2D eigenvalue weighted by Crippen LogP contribution is 2.32. The number of aromatic nitrogens is 2. The second-order valence-electron chi connectivity index (χ2n) is 6.55. The third-order valence-electron chi connectivity index (χ3n) is 4.85. The lowest BCUT2D eigenvalue weighted by atomic mass is 9.92. The highest BCUT2D eigenvalue weighted by molar-refractivity contribution is 5.76. The van der Waals surface area contributed by atoms with Gasteiger partial charge < -0.3 is 14.9 Å². The van der Waals surface area contributed by atoms with Crippen molar-refractivity contribution in [1.82, 2.24) is 15.5 Å². The van der Waals surface area contributed by atoms with E-state index in [9.17, 15) is 9.90 Å². The lowest BCUT2D eigenvalue weighted by Crippen LogP contribution is -2.45. The van der Waals surface area contributed by atoms with Crippen molar-refractivity contribution in [3.05, 3.63) is 11.7 Å². The van der Waals surface area contributed by atoms with E-state index in [0.717, 1.165) is 44.3 Å². The maximum atomic E-state index is 12.0. The number of aliphatic hydroxyl groups is 1. The molecule has 122 valence electrons. The number of nitrogens with one attached hydrogen (secondary N) is 1. The normalized spacial score (nSPS) is 26.2. The first-order valence-electron chi connectivity index (χ1n) is 8.52. The summed E-state index contributed by atoms with van der Waals surface area (Å²) in [6.45, 7) is 0. The van der Waals surface area contributed by atoms with Gasteiger partial charge in [-0.05, 0) is 25.7 Å². The number of aryl methyl sites for hydroxylation is 1. The SMILES string of the molecule is O=C(CCc1nc(C2CCCC2)no1)NC1CCCCC1O. The van der Waals surface area contributed by atoms with E-state index in [-0.39, 0.29) is 11.9 Å². The zero-order valence-corrected chi connectivity index (χ0v) is 13.0. The first-order valence-corrected chi connectivity index (χ1v) is 8.52. The molecule has 22 heavy (non-hydrogen) atoms. The molecule has 2 N–H and O–H groups in total. The lowest BCUT2D eigenvalue weighted by Gasteiger charge is -2.28. The zero-order valence-electron chi connectivity index (χ0n) is 13.0. The molecule has 3 rings (SSSR count). The average Bonchev–Trinajstić information content (AvgIpc) is 3.18. The molecule has 0 spiro atoms. The monoisotopic (exact) mass is 307 g/mol. The summed E-state index contributed by atoms with van der Waals surface area (Å²) in [5.41, 5.74) is 0. The Morgan fingerprint density at radius 2 is 1.91 bits per heavy atom. The topological polar surface area (TPSA) is 88.2 Å². The fraction of sp³-hybridized carbons (Fsp3) is 0.812. The second-order valence-corrected chi connectivity index (χ2v) is 6.55. The molecule has 2 aliphatic rings. The van der Waals surface area contributed by atoms with Gasteiger partial charge in [0, 0.05) is 18.8 Å². The van der Waals surface area contributed by atoms with Gasteiger partial charge in [0.25, 0.3) is 0 Å². The van der Waals surface area contributed by atoms with Crippen LogP contribution >= 0.6 is 0 Å². The van der Waals surface area contributed by atoms with Crippen LogP contribution in [0.15, 0.2) is 4.52 Å². The Morgan fingerprint density at radius 1 is 1.18 bits per heavy atom. The van der Waals surface area contributed by atoms with Crippen molar-refractivity contribution in [2.24, 2.45) is 0 Å². The van der Waals surface area contributed by atoms with Crippen molar-refractivity contribution >= 4 is 5.91 Å². The Labute approximate surface area is 130 Å². The van der Waals surface area contributed by atoms with Gasteiger partial charge in [0.15, 0.2) is 5.82 Å². The summed E-state index contributed by atoms with van der Waals surface area (Å²) in [5.74, 6) is 1.73. The predicted molar refractivity (Wildman–Crippen MR) is 80.2 cm³/mol. The summed E-state index contributed by atoms with van der Waals surface area (Å²) in [6.07, 6.45) is 8.88. The molecule has 2 unspecified atom stereocenters. The number of aliphatic hydroxyl groups excluding tert-OH is 1. The van der Waals surface area contributed by atoms with Crippen molar-refractivity contribution in [2.45, 2.75) is 82.3 Å². The largest absolute Gasteiger partial charge is 0.391 e. The van der Waals surface area contributed by atoms with E-state index >= 15 is 0 Å². The van der Waals surface area contributed by atoms with E-state index < -0.39 is 6.10 Å². The van der Waals surface area contributed by atoms with Gasteiger partial charge in [0.2, 0.25) is 11.8 Å². The minimum Gasteiger partial charge on any atom is -0.391 e. The van der Waals surface area contributed by atoms with Gasteiger partial charge in [0.05, 0.1) is 12.1 Å². The molecule has 1 aromatic heterocycles. The van der Waals surface area contributed by atoms with Crippen LogP contribution in [0.3, 0.4) is 0 Å². The number of hydrogen-bond acceptors (Lipinski definition) is 5. The molecule has 2 atom stereocenters. The van der Waals surface area contributed by atoms with Crippen molar-refractivity contribution in [3.63, 3.8) is 0 Å². The molecule has 2 aliphatic carbocycles. The standard InChI is InChI=1S/C16H25N3O3/c20-13-8-4-3-7-12(13)17-14(21)9-10-15-18-16(19-22-15)11-5-1-2-6-11/h11-13,20H,1-10H2,(H,17,21). The minimum absolute atomic E-state index is 0.0495. The molecular weight excluding hydrogens is 282 g/mol. The van der Waals surface area contributed by atoms with Crippen molar-refractivity contribution in [1.29, 1.82) is 0 Å². The molecule has 0 saturated heterocycles. The Balaban J connectivity index is 1.44. The van der Waals surface area contributed by atoms with Gasteiger partial charge in [-0.1, -0.05) is 30.8 Å². The van der Waals surface area contributed by atoms with E-state index in [1.165, 1.54) is 12.8 Å². The van der Waals surface area contributed by atoms with Gasteiger partial charge in [-0.3, -0.25) is 4.79 Å². The van der Waals surface area contributed by atoms with E-state index in [1.807, 2.05) is 0 Å². The molecule has 0 aromatic carbocycles. The molecule has 1 amide bonds. The molecule has 2 fully saturated rings. The van der Waals surface area contributed by atoms with Gasteiger partial charge in [-0.15, -0.1) is 0 Å². The fourth-order valence-corrected chi connectivity index (χ4v) is 3.50. The summed E-state index contributed by atoms with van der Waals surface area (Å²) in [5, 5.41) is 16.8. The van der Waals surface area contributed by atoms with Crippen LogP contribution in [0.5, 0.6) is 0 Å². The van der Waals surface area contributed by atoms with E-state index in [0.29, 0.717) is 24.7 Å². The molecule has 1 heterocycles. The summed E-state index contributed by atoms with van der Waals surface area (Å²) < 4.78 is 5.25. The van der Waals surface area contributed by atoms with Gasteiger partial charge in [-0.2, -0.15) is 4.98 Å². The highest BCUT2D eigenvalue weighted by atomic mass is 16.5. The van der Waals surface area contributed by atoms with Crippen LogP contribution in [0.2, 0.25) is 0 Å². The number of carbonyl (C=O) groups is 1. The van der Waals surface area contributed by atoms with Crippen molar-refractivity contribution in [3.8, 4) is 0 Å². The molecule has 0 aliphatic heterocycles. The van der Waals surface area contributed by atoms with Gasteiger partial charge >= 0.3 is 0 Å². The van der Waals surface area contributed by atoms with Crippen LogP contribution in [0.4, 0.5) is 0 Å². The molecule has 6 nitrogen and oxygen atoms in total. The first kappa shape index (κ1) is 15.5. The summed E-state index contributed by atoms with van der Waals surface area (Å²) in [4.78, 5) is 16.4. The van der Waals surface area contributed by atoms with Gasteiger partial charge in [0.1, 0.15) is 0 Å². The second kappa shape index (κ2) is 7.22. The summed E-state index contributed by atoms with van der Waals surface area (Å²) >= 11 is 0. The number of amides is 1. The average molecular weight is 307 g/mol. The first-order chi connectivity index (χ1) is 10.7. The smallest absolute Gasteiger partial charge is 0.227 e. The Bertz CT molecular complexity index is 497.